The number of nitrogens with zero attached hydrogens (tertiary/aromatic N) is 1. The number of anilines is 2. The zero-order valence-electron chi connectivity index (χ0n) is 22.0. The van der Waals surface area contributed by atoms with Gasteiger partial charge in [-0.05, 0) is 97.0 Å². The van der Waals surface area contributed by atoms with Gasteiger partial charge in [0, 0.05) is 10.2 Å². The van der Waals surface area contributed by atoms with Crippen molar-refractivity contribution in [3.8, 4) is 17.2 Å². The lowest BCUT2D eigenvalue weighted by Crippen LogP contribution is -2.32. The SMILES string of the molecule is CCOc1ccccc1NC(=O)C(=O)N/N=C\c1cc(I)c(OCC(=O)Nc2ccc(Br)c(C)c2)c(OCC)c1. The summed E-state index contributed by atoms with van der Waals surface area (Å²) in [6.45, 7) is 6.12. The molecule has 0 atom stereocenters. The van der Waals surface area contributed by atoms with Crippen LogP contribution in [0.1, 0.15) is 25.0 Å². The van der Waals surface area contributed by atoms with Gasteiger partial charge < -0.3 is 24.8 Å². The zero-order valence-corrected chi connectivity index (χ0v) is 25.8. The molecule has 3 N–H and O–H groups in total. The summed E-state index contributed by atoms with van der Waals surface area (Å²) >= 11 is 5.50. The summed E-state index contributed by atoms with van der Waals surface area (Å²) in [6.07, 6.45) is 1.37. The Bertz CT molecular complexity index is 1420. The number of benzene rings is 3. The number of nitrogens with one attached hydrogen (secondary N) is 3. The van der Waals surface area contributed by atoms with Crippen LogP contribution in [0.4, 0.5) is 11.4 Å². The maximum absolute atomic E-state index is 12.5. The fourth-order valence-electron chi connectivity index (χ4n) is 3.37. The van der Waals surface area contributed by atoms with E-state index in [0.29, 0.717) is 51.0 Å². The molecule has 0 radical (unpaired) electrons. The minimum atomic E-state index is -0.950. The van der Waals surface area contributed by atoms with E-state index in [0.717, 1.165) is 10.0 Å². The van der Waals surface area contributed by atoms with Crippen molar-refractivity contribution in [3.05, 3.63) is 73.8 Å². The monoisotopic (exact) mass is 722 g/mol. The third-order valence-electron chi connectivity index (χ3n) is 5.14. The normalized spacial score (nSPS) is 10.6. The van der Waals surface area contributed by atoms with Gasteiger partial charge in [-0.2, -0.15) is 5.10 Å². The van der Waals surface area contributed by atoms with Gasteiger partial charge in [-0.3, -0.25) is 14.4 Å². The number of amides is 3. The van der Waals surface area contributed by atoms with Crippen LogP contribution in [0.5, 0.6) is 17.2 Å². The second-order valence-electron chi connectivity index (χ2n) is 8.15. The Morgan fingerprint density at radius 1 is 0.925 bits per heavy atom. The number of rotatable bonds is 11. The minimum absolute atomic E-state index is 0.226. The van der Waals surface area contributed by atoms with Crippen molar-refractivity contribution in [1.82, 2.24) is 5.43 Å². The van der Waals surface area contributed by atoms with Gasteiger partial charge in [0.15, 0.2) is 18.1 Å². The molecule has 0 aliphatic carbocycles. The largest absolute Gasteiger partial charge is 0.492 e. The summed E-state index contributed by atoms with van der Waals surface area (Å²) in [5, 5.41) is 9.20. The molecule has 0 saturated carbocycles. The highest BCUT2D eigenvalue weighted by molar-refractivity contribution is 14.1. The highest BCUT2D eigenvalue weighted by Gasteiger charge is 2.16. The predicted octanol–water partition coefficient (Wildman–Crippen LogP) is 5.27. The van der Waals surface area contributed by atoms with Gasteiger partial charge in [0.05, 0.1) is 28.7 Å². The standard InChI is InChI=1S/C28H28BrIN4O6/c1-4-38-23-9-7-6-8-22(23)33-27(36)28(37)34-31-15-18-13-21(30)26(24(14-18)39-5-2)40-16-25(35)32-19-10-11-20(29)17(3)12-19/h6-15H,4-5,16H2,1-3H3,(H,32,35)(H,33,36)(H,34,37)/b31-15-. The molecule has 40 heavy (non-hydrogen) atoms. The number of ether oxygens (including phenoxy) is 3. The van der Waals surface area contributed by atoms with E-state index >= 15 is 0 Å². The first-order chi connectivity index (χ1) is 19.2. The molecule has 0 heterocycles. The zero-order chi connectivity index (χ0) is 29.1. The molecule has 3 amide bonds. The van der Waals surface area contributed by atoms with E-state index < -0.39 is 11.8 Å². The van der Waals surface area contributed by atoms with Gasteiger partial charge in [0.25, 0.3) is 5.91 Å². The summed E-state index contributed by atoms with van der Waals surface area (Å²) in [4.78, 5) is 37.0. The molecule has 210 valence electrons. The van der Waals surface area contributed by atoms with Gasteiger partial charge in [-0.25, -0.2) is 5.43 Å². The van der Waals surface area contributed by atoms with E-state index in [-0.39, 0.29) is 12.5 Å². The van der Waals surface area contributed by atoms with Crippen molar-refractivity contribution in [2.45, 2.75) is 20.8 Å². The number of hydrogen-bond donors (Lipinski definition) is 3. The maximum Gasteiger partial charge on any atom is 0.329 e. The van der Waals surface area contributed by atoms with E-state index in [1.54, 1.807) is 42.5 Å². The molecule has 0 fully saturated rings. The maximum atomic E-state index is 12.5. The molecule has 0 aliphatic rings. The van der Waals surface area contributed by atoms with Gasteiger partial charge in [0.1, 0.15) is 5.75 Å². The Balaban J connectivity index is 1.62. The average molecular weight is 723 g/mol. The average Bonchev–Trinajstić information content (AvgIpc) is 2.91. The molecule has 0 saturated heterocycles. The molecule has 10 nitrogen and oxygen atoms in total. The molecule has 3 aromatic rings. The van der Waals surface area contributed by atoms with Crippen LogP contribution in [0, 0.1) is 10.5 Å². The number of carbonyl (C=O) groups excluding carboxylic acids is 3. The van der Waals surface area contributed by atoms with Gasteiger partial charge in [0.2, 0.25) is 0 Å². The topological polar surface area (TPSA) is 127 Å². The summed E-state index contributed by atoms with van der Waals surface area (Å²) in [5.74, 6) is -0.910. The van der Waals surface area contributed by atoms with Crippen molar-refractivity contribution in [2.24, 2.45) is 5.10 Å². The van der Waals surface area contributed by atoms with Crippen LogP contribution in [-0.4, -0.2) is 43.8 Å². The number of hydrogen-bond acceptors (Lipinski definition) is 7. The molecular formula is C28H28BrIN4O6. The summed E-state index contributed by atoms with van der Waals surface area (Å²) in [7, 11) is 0. The van der Waals surface area contributed by atoms with Crippen LogP contribution in [0.25, 0.3) is 0 Å². The summed E-state index contributed by atoms with van der Waals surface area (Å²) in [5.41, 5.74) is 4.82. The van der Waals surface area contributed by atoms with Crippen LogP contribution in [0.3, 0.4) is 0 Å². The third-order valence-corrected chi connectivity index (χ3v) is 6.83. The van der Waals surface area contributed by atoms with E-state index in [1.807, 2.05) is 32.9 Å². The van der Waals surface area contributed by atoms with Crippen LogP contribution < -0.4 is 30.3 Å². The molecule has 0 unspecified atom stereocenters. The molecule has 3 rings (SSSR count). The molecule has 3 aromatic carbocycles. The first kappa shape index (κ1) is 30.9. The van der Waals surface area contributed by atoms with Gasteiger partial charge >= 0.3 is 11.8 Å². The van der Waals surface area contributed by atoms with Crippen molar-refractivity contribution in [1.29, 1.82) is 0 Å². The molecule has 12 heteroatoms. The van der Waals surface area contributed by atoms with Crippen molar-refractivity contribution in [3.63, 3.8) is 0 Å². The molecule has 0 aromatic heterocycles. The third kappa shape index (κ3) is 8.95. The summed E-state index contributed by atoms with van der Waals surface area (Å²) in [6, 6.07) is 15.7. The number of aryl methyl sites for hydroxylation is 1. The molecule has 0 bridgehead atoms. The highest BCUT2D eigenvalue weighted by atomic mass is 127. The number of para-hydroxylation sites is 2. The molecule has 0 aliphatic heterocycles. The minimum Gasteiger partial charge on any atom is -0.492 e. The fourth-order valence-corrected chi connectivity index (χ4v) is 4.40. The first-order valence-electron chi connectivity index (χ1n) is 12.2. The van der Waals surface area contributed by atoms with Crippen molar-refractivity contribution < 1.29 is 28.6 Å². The Kier molecular flexibility index (Phi) is 11.8. The van der Waals surface area contributed by atoms with Crippen LogP contribution in [0.2, 0.25) is 0 Å². The lowest BCUT2D eigenvalue weighted by Gasteiger charge is -2.15. The first-order valence-corrected chi connectivity index (χ1v) is 14.1. The van der Waals surface area contributed by atoms with E-state index in [9.17, 15) is 14.4 Å². The Labute approximate surface area is 254 Å². The Morgan fingerprint density at radius 3 is 2.38 bits per heavy atom. The summed E-state index contributed by atoms with van der Waals surface area (Å²) < 4.78 is 18.6. The van der Waals surface area contributed by atoms with Gasteiger partial charge in [-0.15, -0.1) is 0 Å². The smallest absolute Gasteiger partial charge is 0.329 e. The molecule has 0 spiro atoms. The van der Waals surface area contributed by atoms with Crippen LogP contribution in [-0.2, 0) is 14.4 Å². The second-order valence-corrected chi connectivity index (χ2v) is 10.2. The quantitative estimate of drug-likeness (QED) is 0.107. The molecular weight excluding hydrogens is 695 g/mol. The lowest BCUT2D eigenvalue weighted by atomic mass is 10.2. The second kappa shape index (κ2) is 15.2. The van der Waals surface area contributed by atoms with Crippen molar-refractivity contribution >= 4 is 73.8 Å². The van der Waals surface area contributed by atoms with E-state index in [2.05, 4.69) is 59.7 Å². The lowest BCUT2D eigenvalue weighted by molar-refractivity contribution is -0.136. The number of carbonyl (C=O) groups is 3. The Hall–Kier alpha value is -3.65. The highest BCUT2D eigenvalue weighted by Crippen LogP contribution is 2.34. The predicted molar refractivity (Wildman–Crippen MR) is 165 cm³/mol. The van der Waals surface area contributed by atoms with Crippen LogP contribution in [0.15, 0.2) is 64.2 Å². The van der Waals surface area contributed by atoms with E-state index in [4.69, 9.17) is 14.2 Å². The number of halogens is 2. The fraction of sp³-hybridized carbons (Fsp3) is 0.214. The number of hydrazone groups is 1. The Morgan fingerprint density at radius 2 is 1.65 bits per heavy atom. The van der Waals surface area contributed by atoms with Gasteiger partial charge in [-0.1, -0.05) is 28.1 Å². The van der Waals surface area contributed by atoms with Crippen LogP contribution >= 0.6 is 38.5 Å². The van der Waals surface area contributed by atoms with Crippen molar-refractivity contribution in [2.75, 3.05) is 30.5 Å². The van der Waals surface area contributed by atoms with E-state index in [1.165, 1.54) is 6.21 Å².